The van der Waals surface area contributed by atoms with Crippen LogP contribution in [0.2, 0.25) is 0 Å². The molecule has 0 aliphatic heterocycles. The fourth-order valence-electron chi connectivity index (χ4n) is 10.2. The van der Waals surface area contributed by atoms with Gasteiger partial charge >= 0.3 is 0 Å². The van der Waals surface area contributed by atoms with Gasteiger partial charge in [0.25, 0.3) is 0 Å². The Morgan fingerprint density at radius 1 is 0.433 bits per heavy atom. The van der Waals surface area contributed by atoms with Gasteiger partial charge in [-0.1, -0.05) is 97.1 Å². The molecular weight excluding hydrogens is 733 g/mol. The largest absolute Gasteiger partial charge is 0.454 e. The molecule has 0 amide bonds. The van der Waals surface area contributed by atoms with Crippen molar-refractivity contribution >= 4 is 105 Å². The van der Waals surface area contributed by atoms with Gasteiger partial charge in [-0.05, 0) is 145 Å². The number of anilines is 6. The zero-order valence-corrected chi connectivity index (χ0v) is 34.1. The highest BCUT2D eigenvalue weighted by Gasteiger charge is 2.26. The van der Waals surface area contributed by atoms with Crippen molar-refractivity contribution in [2.45, 2.75) is 40.5 Å². The van der Waals surface area contributed by atoms with Gasteiger partial charge in [0, 0.05) is 43.9 Å². The SMILES string of the molecule is Cc1cc(C)cc(N(c2ccc3ccc4c(N(c5cc(C)cc(C)c5)c5cccc6c5oc5ccccc56)ccc5ccc2c3c54)c2cccc3c4c(oc23)C=CCC4)c1. The molecule has 11 aromatic rings. The van der Waals surface area contributed by atoms with Crippen molar-refractivity contribution in [3.63, 3.8) is 0 Å². The van der Waals surface area contributed by atoms with E-state index in [1.54, 1.807) is 0 Å². The van der Waals surface area contributed by atoms with E-state index in [1.807, 2.05) is 6.07 Å². The van der Waals surface area contributed by atoms with Gasteiger partial charge in [0.15, 0.2) is 11.2 Å². The Morgan fingerprint density at radius 2 is 0.950 bits per heavy atom. The second kappa shape index (κ2) is 13.1. The summed E-state index contributed by atoms with van der Waals surface area (Å²) in [4.78, 5) is 4.84. The van der Waals surface area contributed by atoms with Crippen molar-refractivity contribution in [1.29, 1.82) is 0 Å². The molecule has 9 aromatic carbocycles. The lowest BCUT2D eigenvalue weighted by Gasteiger charge is -2.30. The number of nitrogens with zero attached hydrogens (tertiary/aromatic N) is 2. The fourth-order valence-corrected chi connectivity index (χ4v) is 10.2. The average molecular weight is 775 g/mol. The van der Waals surface area contributed by atoms with Gasteiger partial charge in [0.05, 0.1) is 22.7 Å². The van der Waals surface area contributed by atoms with Gasteiger partial charge in [-0.2, -0.15) is 0 Å². The molecule has 288 valence electrons. The van der Waals surface area contributed by atoms with E-state index in [0.29, 0.717) is 0 Å². The third-order valence-corrected chi connectivity index (χ3v) is 12.6. The van der Waals surface area contributed by atoms with Gasteiger partial charge in [-0.3, -0.25) is 0 Å². The van der Waals surface area contributed by atoms with Crippen molar-refractivity contribution in [2.24, 2.45) is 0 Å². The Labute approximate surface area is 348 Å². The lowest BCUT2D eigenvalue weighted by atomic mass is 9.91. The van der Waals surface area contributed by atoms with Crippen LogP contribution in [0.1, 0.15) is 40.0 Å². The fraction of sp³-hybridized carbons (Fsp3) is 0.107. The minimum atomic E-state index is 0.874. The van der Waals surface area contributed by atoms with Crippen LogP contribution in [0.4, 0.5) is 34.1 Å². The van der Waals surface area contributed by atoms with Gasteiger partial charge in [0.2, 0.25) is 0 Å². The van der Waals surface area contributed by atoms with E-state index in [4.69, 9.17) is 8.83 Å². The Hall–Kier alpha value is -7.30. The molecule has 1 aliphatic carbocycles. The molecule has 4 heteroatoms. The first-order valence-corrected chi connectivity index (χ1v) is 21.0. The molecule has 0 spiro atoms. The number of allylic oxidation sites excluding steroid dienone is 1. The summed E-state index contributed by atoms with van der Waals surface area (Å²) in [7, 11) is 0. The van der Waals surface area contributed by atoms with Gasteiger partial charge < -0.3 is 18.6 Å². The summed E-state index contributed by atoms with van der Waals surface area (Å²) < 4.78 is 13.5. The Bertz CT molecular complexity index is 3520. The lowest BCUT2D eigenvalue weighted by Crippen LogP contribution is -2.12. The number of fused-ring (bicyclic) bond motifs is 6. The predicted molar refractivity (Wildman–Crippen MR) is 253 cm³/mol. The first kappa shape index (κ1) is 34.7. The first-order valence-electron chi connectivity index (χ1n) is 21.0. The monoisotopic (exact) mass is 774 g/mol. The number of furan rings is 2. The number of hydrogen-bond donors (Lipinski definition) is 0. The predicted octanol–water partition coefficient (Wildman–Crippen LogP) is 16.4. The van der Waals surface area contributed by atoms with E-state index in [0.717, 1.165) is 80.2 Å². The summed E-state index contributed by atoms with van der Waals surface area (Å²) in [5.74, 6) is 0.971. The zero-order chi connectivity index (χ0) is 40.2. The molecule has 0 radical (unpaired) electrons. The van der Waals surface area contributed by atoms with Crippen LogP contribution in [0.15, 0.2) is 161 Å². The smallest absolute Gasteiger partial charge is 0.159 e. The van der Waals surface area contributed by atoms with Crippen LogP contribution < -0.4 is 9.80 Å². The molecule has 2 aromatic heterocycles. The number of benzene rings is 9. The molecule has 0 atom stereocenters. The molecule has 1 aliphatic rings. The van der Waals surface area contributed by atoms with Crippen LogP contribution in [0.5, 0.6) is 0 Å². The Morgan fingerprint density at radius 3 is 1.55 bits per heavy atom. The van der Waals surface area contributed by atoms with Crippen molar-refractivity contribution in [2.75, 3.05) is 9.80 Å². The van der Waals surface area contributed by atoms with Crippen LogP contribution in [0, 0.1) is 27.7 Å². The number of rotatable bonds is 6. The average Bonchev–Trinajstić information content (AvgIpc) is 3.83. The summed E-state index contributed by atoms with van der Waals surface area (Å²) in [5, 5.41) is 10.7. The highest BCUT2D eigenvalue weighted by atomic mass is 16.3. The van der Waals surface area contributed by atoms with Gasteiger partial charge in [0.1, 0.15) is 11.3 Å². The van der Waals surface area contributed by atoms with E-state index >= 15 is 0 Å². The maximum absolute atomic E-state index is 6.78. The molecule has 0 fully saturated rings. The molecule has 0 unspecified atom stereocenters. The van der Waals surface area contributed by atoms with Crippen LogP contribution in [0.3, 0.4) is 0 Å². The minimum absolute atomic E-state index is 0.874. The molecule has 0 N–H and O–H groups in total. The Balaban J connectivity index is 1.14. The highest BCUT2D eigenvalue weighted by Crippen LogP contribution is 2.50. The lowest BCUT2D eigenvalue weighted by molar-refractivity contribution is 0.596. The molecule has 12 rings (SSSR count). The van der Waals surface area contributed by atoms with Gasteiger partial charge in [-0.25, -0.2) is 0 Å². The second-order valence-electron chi connectivity index (χ2n) is 16.7. The summed E-state index contributed by atoms with van der Waals surface area (Å²) in [6, 6.07) is 53.6. The van der Waals surface area contributed by atoms with Crippen molar-refractivity contribution in [1.82, 2.24) is 0 Å². The van der Waals surface area contributed by atoms with Crippen LogP contribution in [-0.4, -0.2) is 0 Å². The summed E-state index contributed by atoms with van der Waals surface area (Å²) >= 11 is 0. The molecular formula is C56H42N2O2. The number of para-hydroxylation sites is 3. The quantitative estimate of drug-likeness (QED) is 0.158. The first-order chi connectivity index (χ1) is 29.4. The summed E-state index contributed by atoms with van der Waals surface area (Å²) in [6.45, 7) is 8.73. The van der Waals surface area contributed by atoms with Crippen molar-refractivity contribution < 1.29 is 8.83 Å². The normalized spacial score (nSPS) is 12.8. The third kappa shape index (κ3) is 5.23. The van der Waals surface area contributed by atoms with Crippen molar-refractivity contribution in [3.8, 4) is 0 Å². The topological polar surface area (TPSA) is 32.8 Å². The van der Waals surface area contributed by atoms with E-state index in [9.17, 15) is 0 Å². The molecule has 2 heterocycles. The number of hydrogen-bond acceptors (Lipinski definition) is 4. The van der Waals surface area contributed by atoms with E-state index in [2.05, 4.69) is 189 Å². The molecule has 0 bridgehead atoms. The van der Waals surface area contributed by atoms with Crippen LogP contribution in [-0.2, 0) is 6.42 Å². The van der Waals surface area contributed by atoms with Crippen LogP contribution in [0.25, 0.3) is 71.3 Å². The zero-order valence-electron chi connectivity index (χ0n) is 34.1. The minimum Gasteiger partial charge on any atom is -0.454 e. The Kier molecular flexibility index (Phi) is 7.58. The highest BCUT2D eigenvalue weighted by molar-refractivity contribution is 6.28. The van der Waals surface area contributed by atoms with E-state index in [-0.39, 0.29) is 0 Å². The summed E-state index contributed by atoms with van der Waals surface area (Å²) in [6.07, 6.45) is 6.38. The molecule has 0 saturated heterocycles. The summed E-state index contributed by atoms with van der Waals surface area (Å²) in [5.41, 5.74) is 15.3. The standard InChI is InChI=1S/C56H42N2O2/c1-33-27-34(2)30-39(29-33)57(49-15-9-13-43-41-11-5-7-17-51(41)59-55(43)49)47-25-21-37-20-24-46-48(26-22-38-19-23-45(47)53(37)54(38)46)58(40-31-35(3)28-36(4)32-40)50-16-10-14-44-42-12-6-8-18-52(42)60-56(44)50/h5,7-11,13-32H,6,12H2,1-4H3. The van der Waals surface area contributed by atoms with Gasteiger partial charge in [-0.15, -0.1) is 0 Å². The number of aryl methyl sites for hydroxylation is 5. The molecule has 60 heavy (non-hydrogen) atoms. The maximum atomic E-state index is 6.78. The molecule has 4 nitrogen and oxygen atoms in total. The van der Waals surface area contributed by atoms with Crippen LogP contribution >= 0.6 is 0 Å². The second-order valence-corrected chi connectivity index (χ2v) is 16.7. The van der Waals surface area contributed by atoms with Crippen molar-refractivity contribution in [3.05, 3.63) is 185 Å². The maximum Gasteiger partial charge on any atom is 0.159 e. The molecule has 0 saturated carbocycles. The van der Waals surface area contributed by atoms with E-state index < -0.39 is 0 Å². The third-order valence-electron chi connectivity index (χ3n) is 12.6. The van der Waals surface area contributed by atoms with E-state index in [1.165, 1.54) is 65.5 Å².